The summed E-state index contributed by atoms with van der Waals surface area (Å²) in [6, 6.07) is 58.9. The van der Waals surface area contributed by atoms with Gasteiger partial charge in [-0.1, -0.05) is 130 Å². The minimum Gasteiger partial charge on any atom is -0.304 e. The number of fused-ring (bicyclic) bond motifs is 1. The van der Waals surface area contributed by atoms with Crippen LogP contribution in [-0.4, -0.2) is 14.8 Å². The first kappa shape index (κ1) is 34.5. The van der Waals surface area contributed by atoms with Gasteiger partial charge in [-0.3, -0.25) is 4.68 Å². The maximum atomic E-state index is 4.63. The van der Waals surface area contributed by atoms with E-state index in [9.17, 15) is 0 Å². The summed E-state index contributed by atoms with van der Waals surface area (Å²) < 4.78 is 1.85. The average molecular weight is 824 g/mol. The Kier molecular flexibility index (Phi) is 10.6. The molecular weight excluding hydrogens is 787 g/mol. The summed E-state index contributed by atoms with van der Waals surface area (Å²) in [6.07, 6.45) is 5.85. The van der Waals surface area contributed by atoms with Crippen LogP contribution in [0, 0.1) is 12.1 Å². The molecule has 4 heteroatoms. The molecule has 6 aromatic carbocycles. The molecule has 0 N–H and O–H groups in total. The van der Waals surface area contributed by atoms with Crippen molar-refractivity contribution in [2.75, 3.05) is 0 Å². The van der Waals surface area contributed by atoms with Crippen molar-refractivity contribution in [3.8, 4) is 50.3 Å². The Morgan fingerprint density at radius 3 is 1.84 bits per heavy atom. The summed E-state index contributed by atoms with van der Waals surface area (Å²) in [7, 11) is 0. The minimum absolute atomic E-state index is 0. The molecule has 0 saturated heterocycles. The first-order valence-electron chi connectivity index (χ1n) is 16.6. The quantitative estimate of drug-likeness (QED) is 0.162. The van der Waals surface area contributed by atoms with Crippen LogP contribution in [0.2, 0.25) is 0 Å². The van der Waals surface area contributed by atoms with E-state index in [0.29, 0.717) is 0 Å². The Balaban J connectivity index is 0.000000171. The molecule has 0 amide bonds. The molecule has 0 bridgehead atoms. The van der Waals surface area contributed by atoms with Crippen molar-refractivity contribution in [2.45, 2.75) is 26.2 Å². The van der Waals surface area contributed by atoms with Crippen molar-refractivity contribution in [1.82, 2.24) is 14.8 Å². The predicted octanol–water partition coefficient (Wildman–Crippen LogP) is 11.7. The van der Waals surface area contributed by atoms with Crippen molar-refractivity contribution < 1.29 is 20.1 Å². The van der Waals surface area contributed by atoms with Gasteiger partial charge in [-0.05, 0) is 55.4 Å². The molecule has 2 heterocycles. The van der Waals surface area contributed by atoms with Gasteiger partial charge in [0, 0.05) is 38.1 Å². The molecule has 8 rings (SSSR count). The molecule has 0 spiro atoms. The fourth-order valence-electron chi connectivity index (χ4n) is 5.80. The Morgan fingerprint density at radius 1 is 0.520 bits per heavy atom. The first-order chi connectivity index (χ1) is 23.9. The van der Waals surface area contributed by atoms with E-state index in [2.05, 4.69) is 152 Å². The molecule has 50 heavy (non-hydrogen) atoms. The molecule has 1 radical (unpaired) electrons. The number of rotatable bonds is 5. The topological polar surface area (TPSA) is 30.7 Å². The third-order valence-corrected chi connectivity index (χ3v) is 8.64. The van der Waals surface area contributed by atoms with Crippen LogP contribution in [0.25, 0.3) is 61.1 Å². The number of hydrogen-bond donors (Lipinski definition) is 0. The SMILES string of the molecule is CC(C)(C)c1ccc(-c2cc[c-]c(-c3cc4ccccc4cn3)c2)cc1.[Ir].[c-]1ccccc1-n1cc(-c2ccc(-c3ccccc3)cc2)cn1. The van der Waals surface area contributed by atoms with Gasteiger partial charge in [0.2, 0.25) is 0 Å². The van der Waals surface area contributed by atoms with Crippen LogP contribution in [-0.2, 0) is 25.5 Å². The van der Waals surface area contributed by atoms with Gasteiger partial charge < -0.3 is 4.98 Å². The minimum atomic E-state index is 0. The number of aromatic nitrogens is 3. The normalized spacial score (nSPS) is 10.9. The summed E-state index contributed by atoms with van der Waals surface area (Å²) in [5.74, 6) is 0. The molecule has 2 aromatic heterocycles. The van der Waals surface area contributed by atoms with Crippen molar-refractivity contribution in [3.63, 3.8) is 0 Å². The van der Waals surface area contributed by atoms with Crippen LogP contribution in [0.15, 0.2) is 170 Å². The Bertz CT molecular complexity index is 2280. The van der Waals surface area contributed by atoms with Gasteiger partial charge in [0.15, 0.2) is 0 Å². The standard InChI is InChI=1S/C25H22N.C21H15N2.Ir/c1-25(2,3)23-13-11-18(12-14-23)19-9-6-10-21(15-19)24-16-20-7-4-5-8-22(20)17-26-24;1-3-7-17(8-4-1)18-11-13-19(14-12-18)20-15-22-23(16-20)21-9-5-2-6-10-21;/h4-9,11-17H,1-3H3;1-9,11-16H;/q2*-1;. The van der Waals surface area contributed by atoms with Gasteiger partial charge in [0.05, 0.1) is 6.20 Å². The summed E-state index contributed by atoms with van der Waals surface area (Å²) in [6.45, 7) is 6.72. The fourth-order valence-corrected chi connectivity index (χ4v) is 5.80. The molecule has 0 aliphatic carbocycles. The first-order valence-corrected chi connectivity index (χ1v) is 16.6. The van der Waals surface area contributed by atoms with E-state index in [1.165, 1.54) is 33.2 Å². The number of para-hydroxylation sites is 1. The van der Waals surface area contributed by atoms with E-state index >= 15 is 0 Å². The molecule has 0 unspecified atom stereocenters. The second-order valence-corrected chi connectivity index (χ2v) is 13.1. The van der Waals surface area contributed by atoms with Gasteiger partial charge in [0.25, 0.3) is 0 Å². The van der Waals surface area contributed by atoms with E-state index in [1.807, 2.05) is 65.7 Å². The largest absolute Gasteiger partial charge is 0.304 e. The number of benzene rings is 6. The van der Waals surface area contributed by atoms with E-state index in [1.54, 1.807) is 0 Å². The molecule has 0 aliphatic heterocycles. The molecule has 0 aliphatic rings. The van der Waals surface area contributed by atoms with Gasteiger partial charge in [-0.25, -0.2) is 0 Å². The number of nitrogens with zero attached hydrogens (tertiary/aromatic N) is 3. The van der Waals surface area contributed by atoms with E-state index < -0.39 is 0 Å². The van der Waals surface area contributed by atoms with Crippen LogP contribution in [0.1, 0.15) is 26.3 Å². The van der Waals surface area contributed by atoms with Crippen molar-refractivity contribution >= 4 is 10.8 Å². The maximum absolute atomic E-state index is 4.63. The second-order valence-electron chi connectivity index (χ2n) is 13.1. The Labute approximate surface area is 308 Å². The van der Waals surface area contributed by atoms with E-state index in [0.717, 1.165) is 33.5 Å². The zero-order chi connectivity index (χ0) is 33.6. The smallest absolute Gasteiger partial charge is 0.0571 e. The summed E-state index contributed by atoms with van der Waals surface area (Å²) in [5, 5.41) is 6.79. The zero-order valence-electron chi connectivity index (χ0n) is 28.3. The van der Waals surface area contributed by atoms with Crippen LogP contribution < -0.4 is 0 Å². The van der Waals surface area contributed by atoms with Gasteiger partial charge in [-0.2, -0.15) is 29.4 Å². The summed E-state index contributed by atoms with van der Waals surface area (Å²) >= 11 is 0. The maximum Gasteiger partial charge on any atom is 0.0571 e. The molecular formula is C46H37IrN3-2. The summed E-state index contributed by atoms with van der Waals surface area (Å²) in [4.78, 5) is 4.63. The van der Waals surface area contributed by atoms with Crippen molar-refractivity contribution in [1.29, 1.82) is 0 Å². The van der Waals surface area contributed by atoms with Crippen LogP contribution in [0.5, 0.6) is 0 Å². The molecule has 3 nitrogen and oxygen atoms in total. The second kappa shape index (κ2) is 15.4. The molecule has 0 saturated carbocycles. The number of hydrogen-bond acceptors (Lipinski definition) is 2. The molecule has 8 aromatic rings. The molecule has 0 fully saturated rings. The molecule has 247 valence electrons. The van der Waals surface area contributed by atoms with Crippen LogP contribution in [0.3, 0.4) is 0 Å². The van der Waals surface area contributed by atoms with Crippen molar-refractivity contribution in [3.05, 3.63) is 188 Å². The Morgan fingerprint density at radius 2 is 1.14 bits per heavy atom. The van der Waals surface area contributed by atoms with Crippen molar-refractivity contribution in [2.24, 2.45) is 0 Å². The van der Waals surface area contributed by atoms with Gasteiger partial charge >= 0.3 is 0 Å². The number of pyridine rings is 1. The third-order valence-electron chi connectivity index (χ3n) is 8.64. The zero-order valence-corrected chi connectivity index (χ0v) is 30.7. The predicted molar refractivity (Wildman–Crippen MR) is 203 cm³/mol. The van der Waals surface area contributed by atoms with Gasteiger partial charge in [-0.15, -0.1) is 41.5 Å². The third kappa shape index (κ3) is 8.06. The van der Waals surface area contributed by atoms with E-state index in [-0.39, 0.29) is 25.5 Å². The fraction of sp³-hybridized carbons (Fsp3) is 0.0870. The van der Waals surface area contributed by atoms with Crippen LogP contribution >= 0.6 is 0 Å². The van der Waals surface area contributed by atoms with E-state index in [4.69, 9.17) is 0 Å². The monoisotopic (exact) mass is 824 g/mol. The summed E-state index contributed by atoms with van der Waals surface area (Å²) in [5.41, 5.74) is 11.6. The Hall–Kier alpha value is -5.41. The van der Waals surface area contributed by atoms with Crippen LogP contribution in [0.4, 0.5) is 0 Å². The van der Waals surface area contributed by atoms with Gasteiger partial charge in [0.1, 0.15) is 0 Å². The average Bonchev–Trinajstić information content (AvgIpc) is 3.66. The molecule has 0 atom stereocenters.